The van der Waals surface area contributed by atoms with Gasteiger partial charge in [-0.05, 0) is 18.4 Å². The van der Waals surface area contributed by atoms with Gasteiger partial charge in [-0.25, -0.2) is 0 Å². The van der Waals surface area contributed by atoms with Crippen LogP contribution < -0.4 is 5.73 Å². The van der Waals surface area contributed by atoms with Crippen molar-refractivity contribution < 1.29 is 9.53 Å². The molecule has 2 N–H and O–H groups in total. The summed E-state index contributed by atoms with van der Waals surface area (Å²) in [6, 6.07) is 7.60. The lowest BCUT2D eigenvalue weighted by molar-refractivity contribution is 0.100. The van der Waals surface area contributed by atoms with E-state index in [0.717, 1.165) is 19.4 Å². The average molecular weight is 207 g/mol. The summed E-state index contributed by atoms with van der Waals surface area (Å²) in [5, 5.41) is 0. The van der Waals surface area contributed by atoms with Crippen molar-refractivity contribution in [1.82, 2.24) is 0 Å². The summed E-state index contributed by atoms with van der Waals surface area (Å²) in [4.78, 5) is 11.2. The molecule has 0 bridgehead atoms. The van der Waals surface area contributed by atoms with Gasteiger partial charge in [-0.3, -0.25) is 4.79 Å². The molecule has 15 heavy (non-hydrogen) atoms. The average Bonchev–Trinajstić information content (AvgIpc) is 2.29. The van der Waals surface area contributed by atoms with Gasteiger partial charge in [0, 0.05) is 19.3 Å². The van der Waals surface area contributed by atoms with Crippen molar-refractivity contribution in [3.63, 3.8) is 0 Å². The van der Waals surface area contributed by atoms with Gasteiger partial charge in [0.25, 0.3) is 0 Å². The fourth-order valence-electron chi connectivity index (χ4n) is 1.40. The summed E-state index contributed by atoms with van der Waals surface area (Å²) in [5.74, 6) is -0.0153. The number of carbonyl (C=O) groups is 1. The van der Waals surface area contributed by atoms with Gasteiger partial charge in [-0.1, -0.05) is 24.3 Å². The molecule has 0 fully saturated rings. The smallest absolute Gasteiger partial charge is 0.176 e. The molecule has 1 aromatic rings. The first-order chi connectivity index (χ1) is 7.27. The van der Waals surface area contributed by atoms with Gasteiger partial charge in [0.15, 0.2) is 5.78 Å². The molecule has 0 aliphatic carbocycles. The van der Waals surface area contributed by atoms with Crippen molar-refractivity contribution >= 4 is 5.78 Å². The lowest BCUT2D eigenvalue weighted by atomic mass is 10.1. The number of benzene rings is 1. The summed E-state index contributed by atoms with van der Waals surface area (Å²) < 4.78 is 4.97. The molecule has 0 aromatic heterocycles. The van der Waals surface area contributed by atoms with Gasteiger partial charge < -0.3 is 10.5 Å². The van der Waals surface area contributed by atoms with E-state index in [1.54, 1.807) is 7.11 Å². The Labute approximate surface area is 90.2 Å². The standard InChI is InChI=1S/C12H17NO2/c1-15-8-2-3-10-4-6-11(7-5-10)12(14)9-13/h4-7H,2-3,8-9,13H2,1H3. The highest BCUT2D eigenvalue weighted by Gasteiger charge is 2.02. The lowest BCUT2D eigenvalue weighted by Gasteiger charge is -2.02. The van der Waals surface area contributed by atoms with Gasteiger partial charge in [0.2, 0.25) is 0 Å². The van der Waals surface area contributed by atoms with Crippen LogP contribution in [0.4, 0.5) is 0 Å². The van der Waals surface area contributed by atoms with Crippen LogP contribution >= 0.6 is 0 Å². The highest BCUT2D eigenvalue weighted by Crippen LogP contribution is 2.07. The third-order valence-electron chi connectivity index (χ3n) is 2.28. The second-order valence-corrected chi connectivity index (χ2v) is 3.42. The summed E-state index contributed by atoms with van der Waals surface area (Å²) in [7, 11) is 1.70. The van der Waals surface area contributed by atoms with Crippen molar-refractivity contribution in [3.8, 4) is 0 Å². The predicted molar refractivity (Wildman–Crippen MR) is 60.0 cm³/mol. The van der Waals surface area contributed by atoms with Crippen molar-refractivity contribution in [3.05, 3.63) is 35.4 Å². The van der Waals surface area contributed by atoms with Crippen LogP contribution in [0.2, 0.25) is 0 Å². The van der Waals surface area contributed by atoms with Crippen molar-refractivity contribution in [1.29, 1.82) is 0 Å². The maximum absolute atomic E-state index is 11.2. The minimum Gasteiger partial charge on any atom is -0.385 e. The summed E-state index contributed by atoms with van der Waals surface area (Å²) in [6.45, 7) is 0.840. The Bertz CT molecular complexity index is 306. The molecule has 1 aromatic carbocycles. The number of aryl methyl sites for hydroxylation is 1. The van der Waals surface area contributed by atoms with Gasteiger partial charge in [0.1, 0.15) is 0 Å². The van der Waals surface area contributed by atoms with E-state index in [1.807, 2.05) is 24.3 Å². The van der Waals surface area contributed by atoms with E-state index < -0.39 is 0 Å². The molecular formula is C12H17NO2. The Morgan fingerprint density at radius 1 is 1.33 bits per heavy atom. The number of hydrogen-bond donors (Lipinski definition) is 1. The molecule has 0 aliphatic rings. The number of rotatable bonds is 6. The molecule has 0 atom stereocenters. The zero-order chi connectivity index (χ0) is 11.1. The summed E-state index contributed by atoms with van der Waals surface area (Å²) in [6.07, 6.45) is 1.98. The van der Waals surface area contributed by atoms with E-state index in [-0.39, 0.29) is 12.3 Å². The molecule has 0 radical (unpaired) electrons. The number of methoxy groups -OCH3 is 1. The van der Waals surface area contributed by atoms with Gasteiger partial charge in [0.05, 0.1) is 6.54 Å². The molecular weight excluding hydrogens is 190 g/mol. The SMILES string of the molecule is COCCCc1ccc(C(=O)CN)cc1. The normalized spacial score (nSPS) is 10.3. The third-order valence-corrected chi connectivity index (χ3v) is 2.28. The Hall–Kier alpha value is -1.19. The highest BCUT2D eigenvalue weighted by atomic mass is 16.5. The van der Waals surface area contributed by atoms with E-state index >= 15 is 0 Å². The number of ether oxygens (including phenoxy) is 1. The Morgan fingerprint density at radius 3 is 2.53 bits per heavy atom. The van der Waals surface area contributed by atoms with E-state index in [4.69, 9.17) is 10.5 Å². The van der Waals surface area contributed by atoms with Crippen molar-refractivity contribution in [2.24, 2.45) is 5.73 Å². The van der Waals surface area contributed by atoms with E-state index in [2.05, 4.69) is 0 Å². The van der Waals surface area contributed by atoms with Crippen LogP contribution in [0.15, 0.2) is 24.3 Å². The molecule has 0 heterocycles. The van der Waals surface area contributed by atoms with Crippen molar-refractivity contribution in [2.75, 3.05) is 20.3 Å². The van der Waals surface area contributed by atoms with Crippen LogP contribution in [0.5, 0.6) is 0 Å². The highest BCUT2D eigenvalue weighted by molar-refractivity contribution is 5.97. The zero-order valence-electron chi connectivity index (χ0n) is 9.03. The maximum Gasteiger partial charge on any atom is 0.176 e. The molecule has 0 saturated heterocycles. The number of carbonyl (C=O) groups excluding carboxylic acids is 1. The van der Waals surface area contributed by atoms with E-state index in [9.17, 15) is 4.79 Å². The van der Waals surface area contributed by atoms with E-state index in [0.29, 0.717) is 5.56 Å². The lowest BCUT2D eigenvalue weighted by Crippen LogP contribution is -2.13. The first kappa shape index (κ1) is 11.9. The largest absolute Gasteiger partial charge is 0.385 e. The number of hydrogen-bond acceptors (Lipinski definition) is 3. The fourth-order valence-corrected chi connectivity index (χ4v) is 1.40. The molecule has 3 heteroatoms. The molecule has 0 aliphatic heterocycles. The van der Waals surface area contributed by atoms with Gasteiger partial charge in [-0.15, -0.1) is 0 Å². The molecule has 0 saturated carbocycles. The fraction of sp³-hybridized carbons (Fsp3) is 0.417. The minimum absolute atomic E-state index is 0.0153. The van der Waals surface area contributed by atoms with Crippen molar-refractivity contribution in [2.45, 2.75) is 12.8 Å². The van der Waals surface area contributed by atoms with Crippen LogP contribution in [0, 0.1) is 0 Å². The van der Waals surface area contributed by atoms with Crippen LogP contribution in [0.1, 0.15) is 22.3 Å². The summed E-state index contributed by atoms with van der Waals surface area (Å²) >= 11 is 0. The Kier molecular flexibility index (Phi) is 5.01. The molecule has 0 amide bonds. The molecule has 0 spiro atoms. The predicted octanol–water partition coefficient (Wildman–Crippen LogP) is 1.41. The van der Waals surface area contributed by atoms with Crippen LogP contribution in [0.25, 0.3) is 0 Å². The molecule has 3 nitrogen and oxygen atoms in total. The first-order valence-corrected chi connectivity index (χ1v) is 5.09. The second kappa shape index (κ2) is 6.32. The Balaban J connectivity index is 2.52. The Morgan fingerprint density at radius 2 is 2.00 bits per heavy atom. The van der Waals surface area contributed by atoms with Crippen LogP contribution in [-0.2, 0) is 11.2 Å². The minimum atomic E-state index is -0.0153. The number of Topliss-reactive ketones (excluding diaryl/α,β-unsaturated/α-hetero) is 1. The maximum atomic E-state index is 11.2. The topological polar surface area (TPSA) is 52.3 Å². The molecule has 82 valence electrons. The summed E-state index contributed by atoms with van der Waals surface area (Å²) in [5.41, 5.74) is 7.19. The van der Waals surface area contributed by atoms with Crippen LogP contribution in [0.3, 0.4) is 0 Å². The van der Waals surface area contributed by atoms with Gasteiger partial charge in [-0.2, -0.15) is 0 Å². The first-order valence-electron chi connectivity index (χ1n) is 5.09. The molecule has 1 rings (SSSR count). The quantitative estimate of drug-likeness (QED) is 0.566. The number of nitrogens with two attached hydrogens (primary N) is 1. The third kappa shape index (κ3) is 3.81. The van der Waals surface area contributed by atoms with Crippen LogP contribution in [-0.4, -0.2) is 26.0 Å². The number of ketones is 1. The second-order valence-electron chi connectivity index (χ2n) is 3.42. The zero-order valence-corrected chi connectivity index (χ0v) is 9.03. The van der Waals surface area contributed by atoms with E-state index in [1.165, 1.54) is 5.56 Å². The van der Waals surface area contributed by atoms with Gasteiger partial charge >= 0.3 is 0 Å². The monoisotopic (exact) mass is 207 g/mol. The molecule has 0 unspecified atom stereocenters.